The van der Waals surface area contributed by atoms with E-state index in [0.717, 1.165) is 9.87 Å². The molecule has 2 aromatic rings. The number of nitrogens with one attached hydrogen (secondary N) is 1. The normalized spacial score (nSPS) is 12.3. The molecule has 8 nitrogen and oxygen atoms in total. The van der Waals surface area contributed by atoms with Gasteiger partial charge in [-0.05, 0) is 68.7 Å². The Morgan fingerprint density at radius 3 is 2.24 bits per heavy atom. The number of carbonyl (C=O) groups is 1. The summed E-state index contributed by atoms with van der Waals surface area (Å²) in [5.74, 6) is 1.70. The summed E-state index contributed by atoms with van der Waals surface area (Å²) in [6.07, 6.45) is 0.521. The van der Waals surface area contributed by atoms with Gasteiger partial charge in [-0.2, -0.15) is 0 Å². The molecule has 0 aliphatic heterocycles. The molecule has 2 rings (SSSR count). The van der Waals surface area contributed by atoms with E-state index in [1.54, 1.807) is 12.1 Å². The fraction of sp³-hybridized carbons (Fsp3) is 0.458. The molecule has 0 aromatic heterocycles. The molecule has 0 radical (unpaired) electrons. The first kappa shape index (κ1) is 26.5. The topological polar surface area (TPSA) is 94.2 Å². The van der Waals surface area contributed by atoms with Gasteiger partial charge in [-0.25, -0.2) is 12.7 Å². The Bertz CT molecular complexity index is 1050. The lowest BCUT2D eigenvalue weighted by Gasteiger charge is -2.18. The fourth-order valence-electron chi connectivity index (χ4n) is 3.30. The van der Waals surface area contributed by atoms with Gasteiger partial charge in [-0.15, -0.1) is 0 Å². The molecule has 0 bridgehead atoms. The van der Waals surface area contributed by atoms with Crippen molar-refractivity contribution in [3.8, 4) is 17.2 Å². The van der Waals surface area contributed by atoms with E-state index in [1.165, 1.54) is 27.3 Å². The van der Waals surface area contributed by atoms with Gasteiger partial charge in [0.05, 0.1) is 31.3 Å². The molecular weight excluding hydrogens is 444 g/mol. The van der Waals surface area contributed by atoms with Crippen molar-refractivity contribution in [1.29, 1.82) is 0 Å². The molecule has 0 unspecified atom stereocenters. The van der Waals surface area contributed by atoms with Crippen molar-refractivity contribution in [2.45, 2.75) is 44.6 Å². The van der Waals surface area contributed by atoms with E-state index in [-0.39, 0.29) is 23.3 Å². The maximum Gasteiger partial charge on any atom is 0.242 e. The van der Waals surface area contributed by atoms with E-state index in [9.17, 15) is 13.2 Å². The van der Waals surface area contributed by atoms with Crippen LogP contribution in [0, 0.1) is 0 Å². The van der Waals surface area contributed by atoms with Crippen LogP contribution >= 0.6 is 0 Å². The standard InChI is InChI=1S/C24H34N2O6S/c1-7-31-22-12-9-18(16-23(22)32-8-2)17(3)25-24(27)14-10-19-15-20(11-13-21(19)30-6)33(28,29)26(4)5/h9,11-13,15-17H,7-8,10,14H2,1-6H3,(H,25,27)/t17-/m1/s1. The van der Waals surface area contributed by atoms with Gasteiger partial charge in [0, 0.05) is 20.5 Å². The third kappa shape index (κ3) is 6.85. The zero-order chi connectivity index (χ0) is 24.6. The zero-order valence-electron chi connectivity index (χ0n) is 20.2. The summed E-state index contributed by atoms with van der Waals surface area (Å²) in [5, 5.41) is 2.99. The lowest BCUT2D eigenvalue weighted by atomic mass is 10.1. The molecule has 2 aromatic carbocycles. The lowest BCUT2D eigenvalue weighted by Crippen LogP contribution is -2.27. The fourth-order valence-corrected chi connectivity index (χ4v) is 4.26. The van der Waals surface area contributed by atoms with Crippen molar-refractivity contribution in [3.05, 3.63) is 47.5 Å². The van der Waals surface area contributed by atoms with Crippen molar-refractivity contribution < 1.29 is 27.4 Å². The van der Waals surface area contributed by atoms with Gasteiger partial charge in [-0.1, -0.05) is 6.07 Å². The van der Waals surface area contributed by atoms with E-state index in [1.807, 2.05) is 39.0 Å². The number of aryl methyl sites for hydroxylation is 1. The van der Waals surface area contributed by atoms with Gasteiger partial charge >= 0.3 is 0 Å². The monoisotopic (exact) mass is 478 g/mol. The lowest BCUT2D eigenvalue weighted by molar-refractivity contribution is -0.121. The first-order valence-corrected chi connectivity index (χ1v) is 12.4. The molecule has 9 heteroatoms. The maximum absolute atomic E-state index is 12.6. The number of amides is 1. The van der Waals surface area contributed by atoms with Crippen LogP contribution in [0.5, 0.6) is 17.2 Å². The number of rotatable bonds is 12. The average molecular weight is 479 g/mol. The van der Waals surface area contributed by atoms with Crippen LogP contribution in [-0.4, -0.2) is 53.0 Å². The highest BCUT2D eigenvalue weighted by molar-refractivity contribution is 7.89. The van der Waals surface area contributed by atoms with Gasteiger partial charge < -0.3 is 19.5 Å². The molecule has 1 amide bonds. The quantitative estimate of drug-likeness (QED) is 0.501. The van der Waals surface area contributed by atoms with Crippen molar-refractivity contribution in [2.75, 3.05) is 34.4 Å². The van der Waals surface area contributed by atoms with Crippen LogP contribution in [0.1, 0.15) is 44.4 Å². The van der Waals surface area contributed by atoms with Crippen LogP contribution in [0.15, 0.2) is 41.3 Å². The number of sulfonamides is 1. The van der Waals surface area contributed by atoms with Crippen LogP contribution in [-0.2, 0) is 21.2 Å². The zero-order valence-corrected chi connectivity index (χ0v) is 21.0. The molecule has 0 aliphatic rings. The Morgan fingerprint density at radius 2 is 1.64 bits per heavy atom. The third-order valence-corrected chi connectivity index (χ3v) is 6.91. The van der Waals surface area contributed by atoms with E-state index >= 15 is 0 Å². The molecule has 0 saturated heterocycles. The van der Waals surface area contributed by atoms with E-state index < -0.39 is 10.0 Å². The molecule has 0 heterocycles. The summed E-state index contributed by atoms with van der Waals surface area (Å²) in [5.41, 5.74) is 1.55. The minimum Gasteiger partial charge on any atom is -0.496 e. The number of methoxy groups -OCH3 is 1. The number of nitrogens with zero attached hydrogens (tertiary/aromatic N) is 1. The summed E-state index contributed by atoms with van der Waals surface area (Å²) in [6, 6.07) is 10.0. The number of benzene rings is 2. The summed E-state index contributed by atoms with van der Waals surface area (Å²) in [4.78, 5) is 12.8. The van der Waals surface area contributed by atoms with Crippen molar-refractivity contribution in [3.63, 3.8) is 0 Å². The minimum atomic E-state index is -3.58. The predicted molar refractivity (Wildman–Crippen MR) is 128 cm³/mol. The second kappa shape index (κ2) is 11.9. The molecule has 33 heavy (non-hydrogen) atoms. The van der Waals surface area contributed by atoms with E-state index in [0.29, 0.717) is 42.4 Å². The van der Waals surface area contributed by atoms with Crippen LogP contribution in [0.3, 0.4) is 0 Å². The number of ether oxygens (including phenoxy) is 3. The largest absolute Gasteiger partial charge is 0.496 e. The SMILES string of the molecule is CCOc1ccc([C@@H](C)NC(=O)CCc2cc(S(=O)(=O)N(C)C)ccc2OC)cc1OCC. The molecule has 1 atom stereocenters. The molecule has 182 valence electrons. The van der Waals surface area contributed by atoms with Crippen LogP contribution in [0.4, 0.5) is 0 Å². The Hall–Kier alpha value is -2.78. The van der Waals surface area contributed by atoms with Gasteiger partial charge in [0.2, 0.25) is 15.9 Å². The van der Waals surface area contributed by atoms with Gasteiger partial charge in [0.1, 0.15) is 5.75 Å². The molecule has 0 fully saturated rings. The van der Waals surface area contributed by atoms with E-state index in [2.05, 4.69) is 5.32 Å². The Morgan fingerprint density at radius 1 is 1.00 bits per heavy atom. The molecule has 0 aliphatic carbocycles. The van der Waals surface area contributed by atoms with Gasteiger partial charge in [-0.3, -0.25) is 4.79 Å². The van der Waals surface area contributed by atoms with Gasteiger partial charge in [0.25, 0.3) is 0 Å². The summed E-state index contributed by atoms with van der Waals surface area (Å²) in [6.45, 7) is 6.75. The first-order chi connectivity index (χ1) is 15.6. The van der Waals surface area contributed by atoms with Crippen LogP contribution < -0.4 is 19.5 Å². The smallest absolute Gasteiger partial charge is 0.242 e. The Kier molecular flexibility index (Phi) is 9.55. The second-order valence-corrected chi connectivity index (χ2v) is 9.77. The van der Waals surface area contributed by atoms with Crippen LogP contribution in [0.25, 0.3) is 0 Å². The van der Waals surface area contributed by atoms with E-state index in [4.69, 9.17) is 14.2 Å². The summed E-state index contributed by atoms with van der Waals surface area (Å²) < 4.78 is 42.7. The van der Waals surface area contributed by atoms with Gasteiger partial charge in [0.15, 0.2) is 11.5 Å². The van der Waals surface area contributed by atoms with Crippen LogP contribution in [0.2, 0.25) is 0 Å². The first-order valence-electron chi connectivity index (χ1n) is 10.9. The average Bonchev–Trinajstić information content (AvgIpc) is 2.78. The van der Waals surface area contributed by atoms with Crippen molar-refractivity contribution in [1.82, 2.24) is 9.62 Å². The predicted octanol–water partition coefficient (Wildman–Crippen LogP) is 3.55. The number of hydrogen-bond acceptors (Lipinski definition) is 6. The highest BCUT2D eigenvalue weighted by atomic mass is 32.2. The number of hydrogen-bond donors (Lipinski definition) is 1. The maximum atomic E-state index is 12.6. The Balaban J connectivity index is 2.10. The number of carbonyl (C=O) groups excluding carboxylic acids is 1. The second-order valence-electron chi connectivity index (χ2n) is 7.62. The molecule has 0 saturated carbocycles. The summed E-state index contributed by atoms with van der Waals surface area (Å²) in [7, 11) is 0.894. The molecule has 1 N–H and O–H groups in total. The van der Waals surface area contributed by atoms with Crippen molar-refractivity contribution >= 4 is 15.9 Å². The molecular formula is C24H34N2O6S. The highest BCUT2D eigenvalue weighted by Crippen LogP contribution is 2.31. The minimum absolute atomic E-state index is 0.155. The third-order valence-electron chi connectivity index (χ3n) is 5.10. The summed E-state index contributed by atoms with van der Waals surface area (Å²) >= 11 is 0. The highest BCUT2D eigenvalue weighted by Gasteiger charge is 2.20. The molecule has 0 spiro atoms. The van der Waals surface area contributed by atoms with Crippen molar-refractivity contribution in [2.24, 2.45) is 0 Å². The Labute approximate surface area is 196 Å².